The molecule has 0 fully saturated rings. The number of benzene rings is 1. The van der Waals surface area contributed by atoms with Crippen molar-refractivity contribution in [3.63, 3.8) is 0 Å². The molecule has 0 radical (unpaired) electrons. The lowest BCUT2D eigenvalue weighted by atomic mass is 10.1. The van der Waals surface area contributed by atoms with Gasteiger partial charge in [0.15, 0.2) is 0 Å². The van der Waals surface area contributed by atoms with Crippen molar-refractivity contribution < 1.29 is 22.8 Å². The van der Waals surface area contributed by atoms with Crippen LogP contribution in [0.5, 0.6) is 0 Å². The summed E-state index contributed by atoms with van der Waals surface area (Å²) in [5, 5.41) is 5.04. The number of hydrogen-bond acceptors (Lipinski definition) is 2. The number of alkyl halides is 3. The lowest BCUT2D eigenvalue weighted by Crippen LogP contribution is -2.44. The largest absolute Gasteiger partial charge is 0.416 e. The van der Waals surface area contributed by atoms with Crippen molar-refractivity contribution in [1.82, 2.24) is 10.6 Å². The number of carbonyl (C=O) groups is 2. The molecule has 21 heavy (non-hydrogen) atoms. The molecule has 0 aliphatic rings. The fourth-order valence-corrected chi connectivity index (χ4v) is 1.71. The van der Waals surface area contributed by atoms with Gasteiger partial charge in [0, 0.05) is 13.5 Å². The Balaban J connectivity index is 2.42. The van der Waals surface area contributed by atoms with Crippen LogP contribution in [0.4, 0.5) is 13.2 Å². The van der Waals surface area contributed by atoms with Gasteiger partial charge in [0.25, 0.3) is 0 Å². The van der Waals surface area contributed by atoms with Crippen LogP contribution in [0.1, 0.15) is 25.0 Å². The summed E-state index contributed by atoms with van der Waals surface area (Å²) in [5.74, 6) is -0.641. The molecule has 1 rings (SSSR count). The maximum absolute atomic E-state index is 12.4. The Bertz CT molecular complexity index is 498. The van der Waals surface area contributed by atoms with Crippen LogP contribution >= 0.6 is 0 Å². The van der Waals surface area contributed by atoms with Gasteiger partial charge in [-0.25, -0.2) is 0 Å². The summed E-state index contributed by atoms with van der Waals surface area (Å²) in [6, 6.07) is 4.14. The Labute approximate surface area is 120 Å². The van der Waals surface area contributed by atoms with E-state index in [1.165, 1.54) is 19.1 Å². The molecule has 1 aromatic carbocycles. The van der Waals surface area contributed by atoms with E-state index in [0.29, 0.717) is 12.0 Å². The van der Waals surface area contributed by atoms with Crippen molar-refractivity contribution in [2.24, 2.45) is 0 Å². The molecular formula is C14H17F3N2O2. The van der Waals surface area contributed by atoms with Gasteiger partial charge in [-0.1, -0.05) is 12.1 Å². The van der Waals surface area contributed by atoms with Crippen LogP contribution in [0.25, 0.3) is 0 Å². The average Bonchev–Trinajstić information content (AvgIpc) is 2.37. The van der Waals surface area contributed by atoms with Gasteiger partial charge in [-0.05, 0) is 31.0 Å². The van der Waals surface area contributed by atoms with Gasteiger partial charge in [-0.3, -0.25) is 9.59 Å². The fourth-order valence-electron chi connectivity index (χ4n) is 1.71. The Morgan fingerprint density at radius 2 is 1.76 bits per heavy atom. The molecule has 0 unspecified atom stereocenters. The van der Waals surface area contributed by atoms with Gasteiger partial charge >= 0.3 is 6.18 Å². The van der Waals surface area contributed by atoms with Gasteiger partial charge in [-0.2, -0.15) is 13.2 Å². The molecule has 0 spiro atoms. The maximum Gasteiger partial charge on any atom is 0.416 e. The standard InChI is InChI=1S/C14H17F3N2O2/c1-9(19-10(2)20)13(21)18-8-7-11-3-5-12(6-4-11)14(15,16)17/h3-6,9H,7-8H2,1-2H3,(H,18,21)(H,19,20)/t9-/m0/s1. The van der Waals surface area contributed by atoms with E-state index in [9.17, 15) is 22.8 Å². The van der Waals surface area contributed by atoms with E-state index >= 15 is 0 Å². The first kappa shape index (κ1) is 17.0. The van der Waals surface area contributed by atoms with Crippen LogP contribution in [0.15, 0.2) is 24.3 Å². The topological polar surface area (TPSA) is 58.2 Å². The fraction of sp³-hybridized carbons (Fsp3) is 0.429. The summed E-state index contributed by atoms with van der Waals surface area (Å²) < 4.78 is 37.1. The van der Waals surface area contributed by atoms with Crippen LogP contribution in [0, 0.1) is 0 Å². The molecule has 7 heteroatoms. The van der Waals surface area contributed by atoms with E-state index in [0.717, 1.165) is 12.1 Å². The molecule has 1 aromatic rings. The highest BCUT2D eigenvalue weighted by molar-refractivity contribution is 5.86. The highest BCUT2D eigenvalue weighted by Gasteiger charge is 2.29. The number of amides is 2. The Morgan fingerprint density at radius 1 is 1.19 bits per heavy atom. The van der Waals surface area contributed by atoms with Gasteiger partial charge < -0.3 is 10.6 Å². The Kier molecular flexibility index (Phi) is 5.75. The first-order chi connectivity index (χ1) is 9.70. The second kappa shape index (κ2) is 7.10. The summed E-state index contributed by atoms with van der Waals surface area (Å²) in [4.78, 5) is 22.4. The Hall–Kier alpha value is -2.05. The van der Waals surface area contributed by atoms with Crippen molar-refractivity contribution in [2.45, 2.75) is 32.5 Å². The summed E-state index contributed by atoms with van der Waals surface area (Å²) in [7, 11) is 0. The third-order valence-corrected chi connectivity index (χ3v) is 2.81. The molecule has 0 bridgehead atoms. The molecule has 4 nitrogen and oxygen atoms in total. The van der Waals surface area contributed by atoms with Gasteiger partial charge in [-0.15, -0.1) is 0 Å². The van der Waals surface area contributed by atoms with Crippen molar-refractivity contribution in [3.8, 4) is 0 Å². The molecule has 0 saturated heterocycles. The monoisotopic (exact) mass is 302 g/mol. The third-order valence-electron chi connectivity index (χ3n) is 2.81. The highest BCUT2D eigenvalue weighted by Crippen LogP contribution is 2.29. The average molecular weight is 302 g/mol. The van der Waals surface area contributed by atoms with Crippen LogP contribution in [0.3, 0.4) is 0 Å². The van der Waals surface area contributed by atoms with Crippen molar-refractivity contribution >= 4 is 11.8 Å². The predicted octanol–water partition coefficient (Wildman–Crippen LogP) is 1.89. The van der Waals surface area contributed by atoms with Crippen molar-refractivity contribution in [2.75, 3.05) is 6.54 Å². The molecule has 1 atom stereocenters. The molecular weight excluding hydrogens is 285 g/mol. The van der Waals surface area contributed by atoms with E-state index in [1.807, 2.05) is 0 Å². The minimum absolute atomic E-state index is 0.286. The molecule has 0 aromatic heterocycles. The van der Waals surface area contributed by atoms with Gasteiger partial charge in [0.1, 0.15) is 6.04 Å². The molecule has 0 aliphatic heterocycles. The molecule has 0 heterocycles. The van der Waals surface area contributed by atoms with Crippen molar-refractivity contribution in [1.29, 1.82) is 0 Å². The SMILES string of the molecule is CC(=O)N[C@@H](C)C(=O)NCCc1ccc(C(F)(F)F)cc1. The van der Waals surface area contributed by atoms with Gasteiger partial charge in [0.2, 0.25) is 11.8 Å². The second-order valence-corrected chi connectivity index (χ2v) is 4.66. The number of halogens is 3. The smallest absolute Gasteiger partial charge is 0.354 e. The van der Waals surface area contributed by atoms with E-state index in [1.54, 1.807) is 6.92 Å². The first-order valence-electron chi connectivity index (χ1n) is 6.41. The summed E-state index contributed by atoms with van der Waals surface area (Å²) in [6.45, 7) is 3.15. The molecule has 2 N–H and O–H groups in total. The lowest BCUT2D eigenvalue weighted by Gasteiger charge is -2.13. The molecule has 0 aliphatic carbocycles. The lowest BCUT2D eigenvalue weighted by molar-refractivity contribution is -0.137. The van der Waals surface area contributed by atoms with Crippen LogP contribution in [0.2, 0.25) is 0 Å². The zero-order valence-corrected chi connectivity index (χ0v) is 11.8. The maximum atomic E-state index is 12.4. The van der Waals surface area contributed by atoms with E-state index in [2.05, 4.69) is 10.6 Å². The van der Waals surface area contributed by atoms with Gasteiger partial charge in [0.05, 0.1) is 5.56 Å². The number of carbonyl (C=O) groups excluding carboxylic acids is 2. The number of rotatable bonds is 5. The van der Waals surface area contributed by atoms with Crippen LogP contribution < -0.4 is 10.6 Å². The second-order valence-electron chi connectivity index (χ2n) is 4.66. The summed E-state index contributed by atoms with van der Waals surface area (Å²) in [6.07, 6.45) is -3.93. The van der Waals surface area contributed by atoms with E-state index in [4.69, 9.17) is 0 Å². The zero-order chi connectivity index (χ0) is 16.0. The third kappa shape index (κ3) is 5.85. The normalized spacial score (nSPS) is 12.6. The first-order valence-corrected chi connectivity index (χ1v) is 6.41. The minimum atomic E-state index is -4.35. The zero-order valence-electron chi connectivity index (χ0n) is 11.8. The van der Waals surface area contributed by atoms with Crippen LogP contribution in [-0.2, 0) is 22.2 Å². The predicted molar refractivity (Wildman–Crippen MR) is 71.4 cm³/mol. The molecule has 116 valence electrons. The highest BCUT2D eigenvalue weighted by atomic mass is 19.4. The van der Waals surface area contributed by atoms with Crippen LogP contribution in [-0.4, -0.2) is 24.4 Å². The summed E-state index contributed by atoms with van der Waals surface area (Å²) >= 11 is 0. The molecule has 0 saturated carbocycles. The minimum Gasteiger partial charge on any atom is -0.354 e. The van der Waals surface area contributed by atoms with E-state index < -0.39 is 17.8 Å². The summed E-state index contributed by atoms with van der Waals surface area (Å²) in [5.41, 5.74) is -0.00922. The Morgan fingerprint density at radius 3 is 2.24 bits per heavy atom. The molecule has 2 amide bonds. The number of hydrogen-bond donors (Lipinski definition) is 2. The number of nitrogens with one attached hydrogen (secondary N) is 2. The quantitative estimate of drug-likeness (QED) is 0.872. The van der Waals surface area contributed by atoms with E-state index in [-0.39, 0.29) is 18.4 Å². The van der Waals surface area contributed by atoms with Crippen molar-refractivity contribution in [3.05, 3.63) is 35.4 Å².